The van der Waals surface area contributed by atoms with Crippen molar-refractivity contribution in [1.29, 1.82) is 0 Å². The summed E-state index contributed by atoms with van der Waals surface area (Å²) in [6.45, 7) is 19.6. The summed E-state index contributed by atoms with van der Waals surface area (Å²) in [7, 11) is -1.86. The van der Waals surface area contributed by atoms with E-state index in [4.69, 9.17) is 4.43 Å². The van der Waals surface area contributed by atoms with Crippen LogP contribution in [0, 0.1) is 13.8 Å². The zero-order valence-electron chi connectivity index (χ0n) is 20.6. The third-order valence-corrected chi connectivity index (χ3v) is 13.7. The minimum Gasteiger partial charge on any atom is -0.412 e. The highest BCUT2D eigenvalue weighted by molar-refractivity contribution is 6.77. The van der Waals surface area contributed by atoms with Crippen molar-refractivity contribution in [2.45, 2.75) is 104 Å². The molecule has 0 saturated heterocycles. The summed E-state index contributed by atoms with van der Waals surface area (Å²) in [4.78, 5) is 0. The Hall–Kier alpha value is -1.38. The summed E-state index contributed by atoms with van der Waals surface area (Å²) in [6, 6.07) is 12.0. The Morgan fingerprint density at radius 1 is 0.700 bits per heavy atom. The third-order valence-electron chi connectivity index (χ3n) is 7.60. The van der Waals surface area contributed by atoms with Crippen LogP contribution in [0.2, 0.25) is 16.6 Å². The molecule has 4 bridgehead atoms. The zero-order chi connectivity index (χ0) is 22.1. The van der Waals surface area contributed by atoms with E-state index in [0.29, 0.717) is 16.6 Å². The van der Waals surface area contributed by atoms with Gasteiger partial charge in [0.25, 0.3) is 0 Å². The molecule has 0 spiro atoms. The van der Waals surface area contributed by atoms with Crippen LogP contribution in [0.15, 0.2) is 30.3 Å². The van der Waals surface area contributed by atoms with Crippen LogP contribution in [0.1, 0.15) is 80.5 Å². The largest absolute Gasteiger partial charge is 0.412 e. The maximum atomic E-state index is 7.02. The first-order valence-corrected chi connectivity index (χ1v) is 14.1. The molecule has 0 radical (unpaired) electrons. The van der Waals surface area contributed by atoms with Crippen molar-refractivity contribution in [3.8, 4) is 0 Å². The van der Waals surface area contributed by atoms with E-state index in [0.717, 1.165) is 32.3 Å². The Kier molecular flexibility index (Phi) is 7.30. The predicted molar refractivity (Wildman–Crippen MR) is 133 cm³/mol. The van der Waals surface area contributed by atoms with Crippen molar-refractivity contribution >= 4 is 8.32 Å². The molecule has 2 heteroatoms. The first kappa shape index (κ1) is 23.3. The summed E-state index contributed by atoms with van der Waals surface area (Å²) in [6.07, 6.45) is 4.43. The van der Waals surface area contributed by atoms with Gasteiger partial charge >= 0.3 is 0 Å². The fraction of sp³-hybridized carbons (Fsp3) is 0.571. The van der Waals surface area contributed by atoms with Gasteiger partial charge in [0, 0.05) is 0 Å². The van der Waals surface area contributed by atoms with Gasteiger partial charge in [0.2, 0.25) is 8.32 Å². The van der Waals surface area contributed by atoms with Crippen LogP contribution in [-0.2, 0) is 36.7 Å². The lowest BCUT2D eigenvalue weighted by Crippen LogP contribution is -2.47. The number of benzene rings is 2. The number of hydrogen-bond donors (Lipinski definition) is 0. The van der Waals surface area contributed by atoms with Gasteiger partial charge in [0.05, 0.1) is 6.61 Å². The molecule has 0 heterocycles. The molecule has 4 aliphatic carbocycles. The molecule has 0 atom stereocenters. The molecule has 6 rings (SSSR count). The molecular weight excluding hydrogens is 380 g/mol. The fourth-order valence-electron chi connectivity index (χ4n) is 5.95. The molecule has 0 aliphatic heterocycles. The van der Waals surface area contributed by atoms with Crippen molar-refractivity contribution in [2.24, 2.45) is 0 Å². The van der Waals surface area contributed by atoms with Crippen LogP contribution in [0.4, 0.5) is 0 Å². The topological polar surface area (TPSA) is 9.23 Å². The molecule has 0 saturated carbocycles. The summed E-state index contributed by atoms with van der Waals surface area (Å²) in [5, 5.41) is 0. The van der Waals surface area contributed by atoms with Crippen LogP contribution < -0.4 is 0 Å². The first-order chi connectivity index (χ1) is 14.1. The van der Waals surface area contributed by atoms with Crippen LogP contribution >= 0.6 is 0 Å². The average Bonchev–Trinajstić information content (AvgIpc) is 2.65. The van der Waals surface area contributed by atoms with Gasteiger partial charge in [-0.05, 0) is 95.1 Å². The van der Waals surface area contributed by atoms with E-state index in [-0.39, 0.29) is 0 Å². The van der Waals surface area contributed by atoms with Gasteiger partial charge < -0.3 is 4.43 Å². The average molecular weight is 423 g/mol. The van der Waals surface area contributed by atoms with Gasteiger partial charge in [-0.25, -0.2) is 0 Å². The van der Waals surface area contributed by atoms with Crippen LogP contribution in [0.25, 0.3) is 0 Å². The monoisotopic (exact) mass is 422 g/mol. The molecule has 30 heavy (non-hydrogen) atoms. The molecule has 0 fully saturated rings. The van der Waals surface area contributed by atoms with Gasteiger partial charge in [-0.15, -0.1) is 0 Å². The predicted octanol–water partition coefficient (Wildman–Crippen LogP) is 7.88. The van der Waals surface area contributed by atoms with Gasteiger partial charge in [0.1, 0.15) is 0 Å². The summed E-state index contributed by atoms with van der Waals surface area (Å²) >= 11 is 0. The minimum absolute atomic E-state index is 0.622. The van der Waals surface area contributed by atoms with Crippen molar-refractivity contribution in [1.82, 2.24) is 0 Å². The van der Waals surface area contributed by atoms with E-state index in [1.807, 2.05) is 0 Å². The Bertz CT molecular complexity index is 857. The molecule has 2 aromatic carbocycles. The summed E-state index contributed by atoms with van der Waals surface area (Å²) in [5.41, 5.74) is 12.1. The highest BCUT2D eigenvalue weighted by Gasteiger charge is 2.45. The maximum Gasteiger partial charge on any atom is 0.200 e. The zero-order valence-corrected chi connectivity index (χ0v) is 21.6. The summed E-state index contributed by atoms with van der Waals surface area (Å²) in [5.74, 6) is 0. The molecule has 0 aromatic heterocycles. The molecule has 4 aliphatic rings. The number of hydrogen-bond acceptors (Lipinski definition) is 1. The fourth-order valence-corrected chi connectivity index (χ4v) is 11.4. The molecule has 0 amide bonds. The lowest BCUT2D eigenvalue weighted by Gasteiger charge is -2.42. The Balaban J connectivity index is 1.95. The van der Waals surface area contributed by atoms with Crippen LogP contribution in [0.3, 0.4) is 0 Å². The van der Waals surface area contributed by atoms with E-state index in [2.05, 4.69) is 85.7 Å². The van der Waals surface area contributed by atoms with Crippen LogP contribution in [0.5, 0.6) is 0 Å². The Morgan fingerprint density at radius 2 is 1.27 bits per heavy atom. The van der Waals surface area contributed by atoms with Crippen molar-refractivity contribution in [2.75, 3.05) is 0 Å². The highest BCUT2D eigenvalue weighted by Crippen LogP contribution is 2.43. The second-order valence-corrected chi connectivity index (χ2v) is 15.9. The lowest BCUT2D eigenvalue weighted by molar-refractivity contribution is 0.265. The van der Waals surface area contributed by atoms with Gasteiger partial charge in [0.15, 0.2) is 0 Å². The van der Waals surface area contributed by atoms with Crippen molar-refractivity contribution in [3.05, 3.63) is 69.3 Å². The molecule has 2 aromatic rings. The third kappa shape index (κ3) is 4.60. The molecular formula is C28H42OSi. The summed E-state index contributed by atoms with van der Waals surface area (Å²) < 4.78 is 7.02. The van der Waals surface area contributed by atoms with E-state index in [9.17, 15) is 0 Å². The van der Waals surface area contributed by atoms with Crippen molar-refractivity contribution < 1.29 is 4.43 Å². The number of rotatable bonds is 6. The lowest BCUT2D eigenvalue weighted by atomic mass is 9.89. The molecule has 0 N–H and O–H groups in total. The second-order valence-electron chi connectivity index (χ2n) is 10.4. The Morgan fingerprint density at radius 3 is 1.87 bits per heavy atom. The SMILES string of the molecule is Cc1cc2c(CO[Si](C(C)C)(C(C)C)C(C)C)cc1CCc1ccc(c(C)c1)CC2. The Labute approximate surface area is 186 Å². The highest BCUT2D eigenvalue weighted by atomic mass is 28.4. The maximum absolute atomic E-state index is 7.02. The van der Waals surface area contributed by atoms with E-state index in [1.165, 1.54) is 38.9 Å². The van der Waals surface area contributed by atoms with Crippen LogP contribution in [-0.4, -0.2) is 8.32 Å². The van der Waals surface area contributed by atoms with Gasteiger partial charge in [-0.3, -0.25) is 0 Å². The molecule has 0 unspecified atom stereocenters. The number of aryl methyl sites for hydroxylation is 6. The molecule has 164 valence electrons. The van der Waals surface area contributed by atoms with E-state index >= 15 is 0 Å². The van der Waals surface area contributed by atoms with Gasteiger partial charge in [-0.1, -0.05) is 71.9 Å². The van der Waals surface area contributed by atoms with E-state index < -0.39 is 8.32 Å². The quantitative estimate of drug-likeness (QED) is 0.430. The van der Waals surface area contributed by atoms with Gasteiger partial charge in [-0.2, -0.15) is 0 Å². The smallest absolute Gasteiger partial charge is 0.200 e. The molecule has 1 nitrogen and oxygen atoms in total. The van der Waals surface area contributed by atoms with E-state index in [1.54, 1.807) is 0 Å². The first-order valence-electron chi connectivity index (χ1n) is 12.0. The van der Waals surface area contributed by atoms with Crippen molar-refractivity contribution in [3.63, 3.8) is 0 Å². The second kappa shape index (κ2) is 9.40. The normalized spacial score (nSPS) is 14.6. The minimum atomic E-state index is -1.86. The standard InChI is InChI=1S/C28H42OSi/c1-19(2)30(20(3)4,21(5)6)29-18-28-17-26-12-10-24-9-11-25(22(7)15-24)13-14-27(28)16-23(26)8/h9,11,15-17,19-21H,10,12-14,18H2,1-8H3.